The van der Waals surface area contributed by atoms with E-state index in [1.807, 2.05) is 19.1 Å². The van der Waals surface area contributed by atoms with Crippen LogP contribution in [0.4, 0.5) is 5.82 Å². The van der Waals surface area contributed by atoms with Gasteiger partial charge in [0.15, 0.2) is 0 Å². The Kier molecular flexibility index (Phi) is 10.3. The van der Waals surface area contributed by atoms with Gasteiger partial charge in [-0.2, -0.15) is 0 Å². The van der Waals surface area contributed by atoms with Crippen LogP contribution < -0.4 is 21.7 Å². The van der Waals surface area contributed by atoms with Crippen LogP contribution in [0, 0.1) is 12.8 Å². The van der Waals surface area contributed by atoms with Crippen molar-refractivity contribution in [2.24, 2.45) is 5.92 Å². The first-order valence-electron chi connectivity index (χ1n) is 11.4. The fourth-order valence-electron chi connectivity index (χ4n) is 4.37. The van der Waals surface area contributed by atoms with Crippen molar-refractivity contribution in [2.45, 2.75) is 45.3 Å². The van der Waals surface area contributed by atoms with E-state index in [1.54, 1.807) is 13.0 Å². The third-order valence-electron chi connectivity index (χ3n) is 6.30. The van der Waals surface area contributed by atoms with Gasteiger partial charge in [0.05, 0.1) is 6.04 Å². The summed E-state index contributed by atoms with van der Waals surface area (Å²) in [6.45, 7) is 4.68. The topological polar surface area (TPSA) is 109 Å². The Bertz CT molecular complexity index is 1170. The Hall–Kier alpha value is -2.87. The molecule has 0 radical (unpaired) electrons. The minimum Gasteiger partial charge on any atom is -0.384 e. The zero-order valence-electron chi connectivity index (χ0n) is 19.9. The minimum atomic E-state index is -0.624. The molecule has 1 aliphatic heterocycles. The molecule has 9 heteroatoms. The van der Waals surface area contributed by atoms with Crippen molar-refractivity contribution in [1.82, 2.24) is 20.9 Å². The van der Waals surface area contributed by atoms with Gasteiger partial charge in [-0.1, -0.05) is 48.5 Å². The smallest absolute Gasteiger partial charge is 0.242 e. The van der Waals surface area contributed by atoms with Crippen LogP contribution in [0.25, 0.3) is 10.8 Å². The molecular formula is C26H33Cl2N5O2. The Morgan fingerprint density at radius 1 is 1.11 bits per heavy atom. The van der Waals surface area contributed by atoms with Crippen LogP contribution in [-0.2, 0) is 22.6 Å². The van der Waals surface area contributed by atoms with Gasteiger partial charge in [-0.05, 0) is 67.1 Å². The highest BCUT2D eigenvalue weighted by Gasteiger charge is 2.30. The predicted octanol–water partition coefficient (Wildman–Crippen LogP) is 3.31. The van der Waals surface area contributed by atoms with Crippen molar-refractivity contribution in [3.8, 4) is 0 Å². The second-order valence-corrected chi connectivity index (χ2v) is 8.88. The number of nitrogen functional groups attached to an aromatic ring is 1. The molecule has 188 valence electrons. The first kappa shape index (κ1) is 28.4. The molecule has 4 rings (SSSR count). The lowest BCUT2D eigenvalue weighted by molar-refractivity contribution is -0.129. The number of carbonyl (C=O) groups excluding carboxylic acids is 2. The third kappa shape index (κ3) is 7.31. The summed E-state index contributed by atoms with van der Waals surface area (Å²) in [4.78, 5) is 29.4. The summed E-state index contributed by atoms with van der Waals surface area (Å²) in [5.41, 5.74) is 8.62. The highest BCUT2D eigenvalue weighted by molar-refractivity contribution is 5.89. The number of benzene rings is 2. The largest absolute Gasteiger partial charge is 0.384 e. The Balaban J connectivity index is 0.00000216. The van der Waals surface area contributed by atoms with Gasteiger partial charge in [-0.15, -0.1) is 24.8 Å². The molecule has 3 aromatic rings. The molecule has 1 saturated heterocycles. The van der Waals surface area contributed by atoms with Gasteiger partial charge in [0.25, 0.3) is 0 Å². The van der Waals surface area contributed by atoms with Gasteiger partial charge in [-0.25, -0.2) is 4.98 Å². The maximum Gasteiger partial charge on any atom is 0.242 e. The quantitative estimate of drug-likeness (QED) is 0.384. The summed E-state index contributed by atoms with van der Waals surface area (Å²) in [5, 5.41) is 11.5. The van der Waals surface area contributed by atoms with Crippen molar-refractivity contribution < 1.29 is 9.59 Å². The predicted molar refractivity (Wildman–Crippen MR) is 145 cm³/mol. The average molecular weight is 518 g/mol. The number of aromatic nitrogens is 1. The fourth-order valence-corrected chi connectivity index (χ4v) is 4.37. The van der Waals surface area contributed by atoms with Gasteiger partial charge < -0.3 is 21.7 Å². The molecular weight excluding hydrogens is 485 g/mol. The molecule has 0 spiro atoms. The molecule has 0 saturated carbocycles. The van der Waals surface area contributed by atoms with Crippen LogP contribution in [0.3, 0.4) is 0 Å². The lowest BCUT2D eigenvalue weighted by Crippen LogP contribution is -2.50. The van der Waals surface area contributed by atoms with E-state index >= 15 is 0 Å². The van der Waals surface area contributed by atoms with E-state index in [0.29, 0.717) is 18.3 Å². The number of amides is 2. The zero-order valence-corrected chi connectivity index (χ0v) is 21.5. The number of pyridine rings is 1. The SMILES string of the molecule is Cc1nc(N)ccc1CNC(=O)[C@H](C)NC(=O)[C@H]1C[C@H](Cc2ccc3ccccc3c2)CN1.Cl.Cl. The molecule has 0 unspecified atom stereocenters. The third-order valence-corrected chi connectivity index (χ3v) is 6.30. The Morgan fingerprint density at radius 3 is 2.60 bits per heavy atom. The molecule has 2 amide bonds. The maximum atomic E-state index is 12.7. The molecule has 3 atom stereocenters. The standard InChI is InChI=1S/C26H31N5O2.2ClH/c1-16-22(9-10-24(27)30-16)15-29-25(32)17(2)31-26(33)23-13-19(14-28-23)11-18-7-8-20-5-3-4-6-21(20)12-18;;/h3-10,12,17,19,23,28H,11,13-15H2,1-2H3,(H2,27,30)(H,29,32)(H,31,33);2*1H/t17-,19-,23+;;/m0../s1. The highest BCUT2D eigenvalue weighted by Crippen LogP contribution is 2.22. The number of aryl methyl sites for hydroxylation is 1. The second kappa shape index (κ2) is 12.7. The van der Waals surface area contributed by atoms with Crippen LogP contribution in [0.2, 0.25) is 0 Å². The van der Waals surface area contributed by atoms with E-state index < -0.39 is 6.04 Å². The van der Waals surface area contributed by atoms with E-state index in [2.05, 4.69) is 57.3 Å². The number of nitrogens with zero attached hydrogens (tertiary/aromatic N) is 1. The Labute approximate surface area is 218 Å². The zero-order chi connectivity index (χ0) is 23.4. The summed E-state index contributed by atoms with van der Waals surface area (Å²) in [6.07, 6.45) is 1.68. The normalized spacial score (nSPS) is 17.7. The van der Waals surface area contributed by atoms with Crippen LogP contribution >= 0.6 is 24.8 Å². The number of nitrogens with two attached hydrogens (primary N) is 1. The van der Waals surface area contributed by atoms with E-state index in [4.69, 9.17) is 5.73 Å². The van der Waals surface area contributed by atoms with Crippen LogP contribution in [-0.4, -0.2) is 35.4 Å². The highest BCUT2D eigenvalue weighted by atomic mass is 35.5. The summed E-state index contributed by atoms with van der Waals surface area (Å²) in [7, 11) is 0. The van der Waals surface area contributed by atoms with Gasteiger partial charge in [-0.3, -0.25) is 9.59 Å². The first-order valence-corrected chi connectivity index (χ1v) is 11.4. The van der Waals surface area contributed by atoms with Crippen molar-refractivity contribution in [3.63, 3.8) is 0 Å². The summed E-state index contributed by atoms with van der Waals surface area (Å²) in [5.74, 6) is 0.465. The first-order chi connectivity index (χ1) is 15.9. The van der Waals surface area contributed by atoms with Crippen LogP contribution in [0.5, 0.6) is 0 Å². The Morgan fingerprint density at radius 2 is 1.86 bits per heavy atom. The molecule has 1 fully saturated rings. The van der Waals surface area contributed by atoms with Crippen molar-refractivity contribution in [2.75, 3.05) is 12.3 Å². The van der Waals surface area contributed by atoms with E-state index in [1.165, 1.54) is 16.3 Å². The number of rotatable bonds is 7. The van der Waals surface area contributed by atoms with E-state index in [0.717, 1.165) is 30.6 Å². The molecule has 7 nitrogen and oxygen atoms in total. The summed E-state index contributed by atoms with van der Waals surface area (Å²) in [6, 6.07) is 17.5. The number of hydrogen-bond donors (Lipinski definition) is 4. The molecule has 5 N–H and O–H groups in total. The molecule has 1 aromatic heterocycles. The summed E-state index contributed by atoms with van der Waals surface area (Å²) < 4.78 is 0. The van der Waals surface area contributed by atoms with Gasteiger partial charge in [0.2, 0.25) is 11.8 Å². The van der Waals surface area contributed by atoms with Gasteiger partial charge >= 0.3 is 0 Å². The number of halogens is 2. The monoisotopic (exact) mass is 517 g/mol. The second-order valence-electron chi connectivity index (χ2n) is 8.88. The number of hydrogen-bond acceptors (Lipinski definition) is 5. The fraction of sp³-hybridized carbons (Fsp3) is 0.346. The number of nitrogens with one attached hydrogen (secondary N) is 3. The van der Waals surface area contributed by atoms with E-state index in [9.17, 15) is 9.59 Å². The van der Waals surface area contributed by atoms with Gasteiger partial charge in [0, 0.05) is 12.2 Å². The van der Waals surface area contributed by atoms with Crippen molar-refractivity contribution in [3.05, 3.63) is 71.4 Å². The minimum absolute atomic E-state index is 0. The van der Waals surface area contributed by atoms with Crippen molar-refractivity contribution in [1.29, 1.82) is 0 Å². The average Bonchev–Trinajstić information content (AvgIpc) is 3.27. The molecule has 2 heterocycles. The molecule has 1 aliphatic rings. The maximum absolute atomic E-state index is 12.7. The lowest BCUT2D eigenvalue weighted by Gasteiger charge is -2.17. The van der Waals surface area contributed by atoms with Gasteiger partial charge in [0.1, 0.15) is 11.9 Å². The van der Waals surface area contributed by atoms with E-state index in [-0.39, 0.29) is 42.7 Å². The summed E-state index contributed by atoms with van der Waals surface area (Å²) >= 11 is 0. The molecule has 0 aliphatic carbocycles. The number of fused-ring (bicyclic) bond motifs is 1. The van der Waals surface area contributed by atoms with Crippen LogP contribution in [0.1, 0.15) is 30.2 Å². The lowest BCUT2D eigenvalue weighted by atomic mass is 9.95. The van der Waals surface area contributed by atoms with Crippen molar-refractivity contribution >= 4 is 53.2 Å². The van der Waals surface area contributed by atoms with Crippen LogP contribution in [0.15, 0.2) is 54.6 Å². The molecule has 2 aromatic carbocycles. The molecule has 35 heavy (non-hydrogen) atoms. The molecule has 0 bridgehead atoms. The number of anilines is 1. The number of carbonyl (C=O) groups is 2.